The number of ether oxygens (including phenoxy) is 2. The SMILES string of the molecule is COC(=O)c1ccc(CN2C(=O)C(=O)/C(=C(\O)c3ccc(Cl)c(OC)c3)C2c2cccc(O)c2)cc1. The van der Waals surface area contributed by atoms with E-state index in [0.717, 1.165) is 0 Å². The molecule has 1 fully saturated rings. The van der Waals surface area contributed by atoms with Crippen LogP contribution in [0.2, 0.25) is 5.02 Å². The van der Waals surface area contributed by atoms with Crippen LogP contribution >= 0.6 is 11.6 Å². The third-order valence-corrected chi connectivity index (χ3v) is 6.19. The van der Waals surface area contributed by atoms with E-state index in [2.05, 4.69) is 0 Å². The maximum atomic E-state index is 13.2. The number of methoxy groups -OCH3 is 2. The monoisotopic (exact) mass is 507 g/mol. The van der Waals surface area contributed by atoms with Crippen LogP contribution < -0.4 is 4.74 Å². The van der Waals surface area contributed by atoms with Gasteiger partial charge >= 0.3 is 5.97 Å². The third-order valence-electron chi connectivity index (χ3n) is 5.88. The van der Waals surface area contributed by atoms with Gasteiger partial charge in [-0.3, -0.25) is 9.59 Å². The van der Waals surface area contributed by atoms with E-state index in [9.17, 15) is 24.6 Å². The fourth-order valence-electron chi connectivity index (χ4n) is 4.11. The smallest absolute Gasteiger partial charge is 0.337 e. The molecule has 1 unspecified atom stereocenters. The Morgan fingerprint density at radius 3 is 2.33 bits per heavy atom. The van der Waals surface area contributed by atoms with Crippen molar-refractivity contribution in [3.63, 3.8) is 0 Å². The van der Waals surface area contributed by atoms with Crippen LogP contribution in [0.25, 0.3) is 5.76 Å². The fourth-order valence-corrected chi connectivity index (χ4v) is 4.30. The summed E-state index contributed by atoms with van der Waals surface area (Å²) in [5.41, 5.74) is 1.51. The molecule has 0 radical (unpaired) electrons. The number of carbonyl (C=O) groups is 3. The number of halogens is 1. The van der Waals surface area contributed by atoms with Gasteiger partial charge in [0.2, 0.25) is 0 Å². The lowest BCUT2D eigenvalue weighted by atomic mass is 9.95. The zero-order valence-electron chi connectivity index (χ0n) is 19.4. The van der Waals surface area contributed by atoms with Crippen molar-refractivity contribution >= 4 is 35.0 Å². The normalized spacial score (nSPS) is 16.8. The molecule has 0 saturated carbocycles. The van der Waals surface area contributed by atoms with Gasteiger partial charge in [0.25, 0.3) is 11.7 Å². The molecule has 1 amide bonds. The second-order valence-corrected chi connectivity index (χ2v) is 8.47. The van der Waals surface area contributed by atoms with Crippen LogP contribution in [-0.4, -0.2) is 47.0 Å². The van der Waals surface area contributed by atoms with E-state index < -0.39 is 29.5 Å². The van der Waals surface area contributed by atoms with Gasteiger partial charge in [0, 0.05) is 12.1 Å². The average Bonchev–Trinajstić information content (AvgIpc) is 3.13. The maximum absolute atomic E-state index is 13.2. The standard InChI is InChI=1S/C27H22ClNO7/c1-35-21-13-18(10-11-20(21)28)24(31)22-23(17-4-3-5-19(30)12-17)29(26(33)25(22)32)14-15-6-8-16(9-7-15)27(34)36-2/h3-13,23,30-31H,14H2,1-2H3/b24-22-. The predicted octanol–water partition coefficient (Wildman–Crippen LogP) is 4.46. The molecular weight excluding hydrogens is 486 g/mol. The summed E-state index contributed by atoms with van der Waals surface area (Å²) in [4.78, 5) is 39.4. The number of amides is 1. The number of phenolic OH excluding ortho intramolecular Hbond substituents is 1. The first-order valence-corrected chi connectivity index (χ1v) is 11.2. The van der Waals surface area contributed by atoms with Crippen molar-refractivity contribution in [1.29, 1.82) is 0 Å². The molecule has 36 heavy (non-hydrogen) atoms. The minimum absolute atomic E-state index is 0.00701. The van der Waals surface area contributed by atoms with Crippen molar-refractivity contribution in [2.45, 2.75) is 12.6 Å². The molecule has 2 N–H and O–H groups in total. The molecular formula is C27H22ClNO7. The number of aliphatic hydroxyl groups excluding tert-OH is 1. The number of hydrogen-bond donors (Lipinski definition) is 2. The molecule has 8 nitrogen and oxygen atoms in total. The number of benzene rings is 3. The van der Waals surface area contributed by atoms with E-state index in [1.54, 1.807) is 36.4 Å². The van der Waals surface area contributed by atoms with Crippen molar-refractivity contribution in [3.8, 4) is 11.5 Å². The van der Waals surface area contributed by atoms with Crippen molar-refractivity contribution in [2.75, 3.05) is 14.2 Å². The van der Waals surface area contributed by atoms with Crippen LogP contribution in [0.3, 0.4) is 0 Å². The Morgan fingerprint density at radius 1 is 1.00 bits per heavy atom. The average molecular weight is 508 g/mol. The number of likely N-dealkylation sites (tertiary alicyclic amines) is 1. The molecule has 3 aromatic rings. The van der Waals surface area contributed by atoms with Gasteiger partial charge in [-0.15, -0.1) is 0 Å². The van der Waals surface area contributed by atoms with E-state index in [1.165, 1.54) is 49.5 Å². The van der Waals surface area contributed by atoms with Gasteiger partial charge in [-0.1, -0.05) is 35.9 Å². The predicted molar refractivity (Wildman–Crippen MR) is 132 cm³/mol. The Balaban J connectivity index is 1.82. The lowest BCUT2D eigenvalue weighted by molar-refractivity contribution is -0.140. The number of hydrogen-bond acceptors (Lipinski definition) is 7. The third kappa shape index (κ3) is 4.63. The van der Waals surface area contributed by atoms with Gasteiger partial charge < -0.3 is 24.6 Å². The van der Waals surface area contributed by atoms with Gasteiger partial charge in [0.05, 0.1) is 36.4 Å². The Labute approximate surface area is 211 Å². The first-order chi connectivity index (χ1) is 17.2. The quantitative estimate of drug-likeness (QED) is 0.219. The van der Waals surface area contributed by atoms with Crippen LogP contribution in [0.4, 0.5) is 0 Å². The summed E-state index contributed by atoms with van der Waals surface area (Å²) in [6.07, 6.45) is 0. The molecule has 9 heteroatoms. The van der Waals surface area contributed by atoms with E-state index in [-0.39, 0.29) is 29.2 Å². The summed E-state index contributed by atoms with van der Waals surface area (Å²) in [5, 5.41) is 21.6. The van der Waals surface area contributed by atoms with Gasteiger partial charge in [0.1, 0.15) is 17.3 Å². The van der Waals surface area contributed by atoms with Crippen molar-refractivity contribution in [1.82, 2.24) is 4.90 Å². The molecule has 0 aromatic heterocycles. The second-order valence-electron chi connectivity index (χ2n) is 8.06. The van der Waals surface area contributed by atoms with Gasteiger partial charge in [-0.2, -0.15) is 0 Å². The summed E-state index contributed by atoms with van der Waals surface area (Å²) < 4.78 is 9.92. The van der Waals surface area contributed by atoms with E-state index in [1.807, 2.05) is 0 Å². The lowest BCUT2D eigenvalue weighted by Gasteiger charge is -2.25. The van der Waals surface area contributed by atoms with Crippen LogP contribution in [0.15, 0.2) is 72.3 Å². The highest BCUT2D eigenvalue weighted by molar-refractivity contribution is 6.46. The molecule has 0 spiro atoms. The Hall–Kier alpha value is -4.30. The molecule has 3 aromatic carbocycles. The Bertz CT molecular complexity index is 1380. The first kappa shape index (κ1) is 24.8. The number of aliphatic hydroxyl groups is 1. The molecule has 1 aliphatic heterocycles. The number of phenols is 1. The number of Topliss-reactive ketones (excluding diaryl/α,β-unsaturated/α-hetero) is 1. The molecule has 1 saturated heterocycles. The van der Waals surface area contributed by atoms with Gasteiger partial charge in [0.15, 0.2) is 0 Å². The van der Waals surface area contributed by atoms with Crippen molar-refractivity contribution < 1.29 is 34.1 Å². The van der Waals surface area contributed by atoms with E-state index >= 15 is 0 Å². The lowest BCUT2D eigenvalue weighted by Crippen LogP contribution is -2.29. The second kappa shape index (κ2) is 10.1. The van der Waals surface area contributed by atoms with Gasteiger partial charge in [-0.25, -0.2) is 4.79 Å². The van der Waals surface area contributed by atoms with Crippen molar-refractivity contribution in [2.24, 2.45) is 0 Å². The van der Waals surface area contributed by atoms with Crippen molar-refractivity contribution in [3.05, 3.63) is 99.6 Å². The summed E-state index contributed by atoms with van der Waals surface area (Å²) in [6, 6.07) is 16.0. The highest BCUT2D eigenvalue weighted by Crippen LogP contribution is 2.41. The van der Waals surface area contributed by atoms with Crippen LogP contribution in [0.1, 0.15) is 33.1 Å². The topological polar surface area (TPSA) is 113 Å². The first-order valence-electron chi connectivity index (χ1n) is 10.8. The molecule has 184 valence electrons. The summed E-state index contributed by atoms with van der Waals surface area (Å²) in [6.45, 7) is 0.00701. The van der Waals surface area contributed by atoms with E-state index in [0.29, 0.717) is 21.7 Å². The minimum atomic E-state index is -0.987. The largest absolute Gasteiger partial charge is 0.508 e. The Kier molecular flexibility index (Phi) is 6.98. The Morgan fingerprint density at radius 2 is 1.69 bits per heavy atom. The van der Waals surface area contributed by atoms with Crippen LogP contribution in [-0.2, 0) is 20.9 Å². The zero-order chi connectivity index (χ0) is 26.0. The number of carbonyl (C=O) groups excluding carboxylic acids is 3. The highest BCUT2D eigenvalue weighted by atomic mass is 35.5. The zero-order valence-corrected chi connectivity index (χ0v) is 20.2. The number of nitrogens with zero attached hydrogens (tertiary/aromatic N) is 1. The maximum Gasteiger partial charge on any atom is 0.337 e. The van der Waals surface area contributed by atoms with Gasteiger partial charge in [-0.05, 0) is 53.6 Å². The van der Waals surface area contributed by atoms with E-state index in [4.69, 9.17) is 21.1 Å². The molecule has 0 aliphatic carbocycles. The molecule has 4 rings (SSSR count). The molecule has 1 aliphatic rings. The molecule has 0 bridgehead atoms. The van der Waals surface area contributed by atoms with Crippen LogP contribution in [0, 0.1) is 0 Å². The molecule has 1 heterocycles. The summed E-state index contributed by atoms with van der Waals surface area (Å²) in [5.74, 6) is -2.37. The minimum Gasteiger partial charge on any atom is -0.508 e. The number of rotatable bonds is 6. The summed E-state index contributed by atoms with van der Waals surface area (Å²) >= 11 is 6.10. The number of ketones is 1. The molecule has 1 atom stereocenters. The van der Waals surface area contributed by atoms with Crippen LogP contribution in [0.5, 0.6) is 11.5 Å². The summed E-state index contributed by atoms with van der Waals surface area (Å²) in [7, 11) is 2.70. The highest BCUT2D eigenvalue weighted by Gasteiger charge is 2.46. The number of esters is 1. The fraction of sp³-hybridized carbons (Fsp3) is 0.148. The number of aromatic hydroxyl groups is 1.